The molecule has 0 nitrogen and oxygen atoms in total. The van der Waals surface area contributed by atoms with E-state index >= 15 is 0 Å². The molecule has 0 rings (SSSR count). The second kappa shape index (κ2) is 19.6. The Morgan fingerprint density at radius 1 is 0.733 bits per heavy atom. The molecule has 0 saturated carbocycles. The van der Waals surface area contributed by atoms with Gasteiger partial charge in [-0.05, 0) is 6.42 Å². The molecule has 0 saturated heterocycles. The van der Waals surface area contributed by atoms with Gasteiger partial charge >= 0.3 is 0 Å². The van der Waals surface area contributed by atoms with Gasteiger partial charge in [0.1, 0.15) is 0 Å². The average Bonchev–Trinajstić information content (AvgIpc) is 2.23. The van der Waals surface area contributed by atoms with Gasteiger partial charge in [-0.25, -0.2) is 0 Å². The highest BCUT2D eigenvalue weighted by Crippen LogP contribution is 2.09. The predicted octanol–water partition coefficient (Wildman–Crippen LogP) is 5.97. The monoisotopic (exact) mass is 212 g/mol. The molecular formula is C15H32. The molecule has 0 aliphatic carbocycles. The van der Waals surface area contributed by atoms with E-state index in [1.807, 2.05) is 20.3 Å². The van der Waals surface area contributed by atoms with Gasteiger partial charge in [-0.1, -0.05) is 91.9 Å². The standard InChI is InChI=1S/C12H25.C3H7/c1-3-5-7-9-11-12-10-8-6-4-2;1-3-2/h1,3-12H2,2H3;3H,1-2H3. The molecule has 0 fully saturated rings. The summed E-state index contributed by atoms with van der Waals surface area (Å²) in [6.45, 7) is 10.1. The smallest absolute Gasteiger partial charge is 0.0448 e. The summed E-state index contributed by atoms with van der Waals surface area (Å²) in [6.07, 6.45) is 15.9. The lowest BCUT2D eigenvalue weighted by molar-refractivity contribution is 0.566. The molecule has 0 unspecified atom stereocenters. The van der Waals surface area contributed by atoms with E-state index in [4.69, 9.17) is 0 Å². The molecular weight excluding hydrogens is 180 g/mol. The summed E-state index contributed by atoms with van der Waals surface area (Å²) in [4.78, 5) is 0. The molecule has 0 aliphatic rings. The summed E-state index contributed by atoms with van der Waals surface area (Å²) in [5, 5.41) is 0. The van der Waals surface area contributed by atoms with Crippen molar-refractivity contribution in [2.75, 3.05) is 0 Å². The van der Waals surface area contributed by atoms with Crippen LogP contribution >= 0.6 is 0 Å². The van der Waals surface area contributed by atoms with Gasteiger partial charge in [0.25, 0.3) is 0 Å². The molecule has 2 radical (unpaired) electrons. The number of hydrogen-bond acceptors (Lipinski definition) is 0. The van der Waals surface area contributed by atoms with Crippen LogP contribution < -0.4 is 0 Å². The van der Waals surface area contributed by atoms with Gasteiger partial charge in [0.2, 0.25) is 0 Å². The molecule has 0 aliphatic heterocycles. The topological polar surface area (TPSA) is 0 Å². The lowest BCUT2D eigenvalue weighted by Crippen LogP contribution is -1.80. The first kappa shape index (κ1) is 17.4. The molecule has 0 heteroatoms. The van der Waals surface area contributed by atoms with E-state index in [1.165, 1.54) is 57.8 Å². The van der Waals surface area contributed by atoms with Crippen LogP contribution in [-0.4, -0.2) is 0 Å². The van der Waals surface area contributed by atoms with Crippen LogP contribution in [0.15, 0.2) is 0 Å². The zero-order chi connectivity index (χ0) is 11.8. The minimum Gasteiger partial charge on any atom is -0.0654 e. The van der Waals surface area contributed by atoms with E-state index < -0.39 is 0 Å². The van der Waals surface area contributed by atoms with Crippen molar-refractivity contribution in [3.63, 3.8) is 0 Å². The number of hydrogen-bond donors (Lipinski definition) is 0. The highest BCUT2D eigenvalue weighted by molar-refractivity contribution is 4.47. The van der Waals surface area contributed by atoms with Crippen molar-refractivity contribution in [1.82, 2.24) is 0 Å². The Hall–Kier alpha value is 0. The van der Waals surface area contributed by atoms with Crippen molar-refractivity contribution in [3.8, 4) is 0 Å². The third kappa shape index (κ3) is 24.9. The van der Waals surface area contributed by atoms with Crippen LogP contribution in [0.1, 0.15) is 85.0 Å². The third-order valence-electron chi connectivity index (χ3n) is 2.35. The van der Waals surface area contributed by atoms with Crippen molar-refractivity contribution < 1.29 is 0 Å². The van der Waals surface area contributed by atoms with Crippen molar-refractivity contribution in [2.24, 2.45) is 0 Å². The SMILES string of the molecule is C[CH]C.[CH2]CCCCCCCCCCC. The molecule has 0 aromatic heterocycles. The number of unbranched alkanes of at least 4 members (excludes halogenated alkanes) is 9. The van der Waals surface area contributed by atoms with Gasteiger partial charge in [-0.2, -0.15) is 0 Å². The van der Waals surface area contributed by atoms with Gasteiger partial charge in [-0.3, -0.25) is 0 Å². The maximum Gasteiger partial charge on any atom is -0.0448 e. The zero-order valence-corrected chi connectivity index (χ0v) is 11.4. The van der Waals surface area contributed by atoms with Crippen molar-refractivity contribution in [2.45, 2.75) is 85.0 Å². The lowest BCUT2D eigenvalue weighted by atomic mass is 10.1. The largest absolute Gasteiger partial charge is 0.0654 e. The maximum atomic E-state index is 3.84. The first-order chi connectivity index (χ1) is 7.33. The van der Waals surface area contributed by atoms with E-state index in [0.29, 0.717) is 0 Å². The third-order valence-corrected chi connectivity index (χ3v) is 2.35. The van der Waals surface area contributed by atoms with E-state index in [2.05, 4.69) is 13.8 Å². The van der Waals surface area contributed by atoms with Gasteiger partial charge in [0, 0.05) is 0 Å². The summed E-state index contributed by atoms with van der Waals surface area (Å²) < 4.78 is 0. The minimum absolute atomic E-state index is 1.12. The second-order valence-corrected chi connectivity index (χ2v) is 4.26. The molecule has 0 heterocycles. The predicted molar refractivity (Wildman–Crippen MR) is 72.8 cm³/mol. The fraction of sp³-hybridized carbons (Fsp3) is 0.867. The van der Waals surface area contributed by atoms with E-state index in [1.54, 1.807) is 0 Å². The molecule has 92 valence electrons. The highest BCUT2D eigenvalue weighted by atomic mass is 14.0. The molecule has 0 aromatic carbocycles. The molecule has 0 N–H and O–H groups in total. The summed E-state index contributed by atoms with van der Waals surface area (Å²) in [7, 11) is 0. The molecule has 0 spiro atoms. The summed E-state index contributed by atoms with van der Waals surface area (Å²) in [5.41, 5.74) is 0. The summed E-state index contributed by atoms with van der Waals surface area (Å²) >= 11 is 0. The van der Waals surface area contributed by atoms with Crippen LogP contribution in [0.5, 0.6) is 0 Å². The first-order valence-corrected chi connectivity index (χ1v) is 6.86. The Balaban J connectivity index is 0. The van der Waals surface area contributed by atoms with E-state index in [0.717, 1.165) is 6.42 Å². The first-order valence-electron chi connectivity index (χ1n) is 6.86. The van der Waals surface area contributed by atoms with Crippen LogP contribution in [-0.2, 0) is 0 Å². The molecule has 0 bridgehead atoms. The van der Waals surface area contributed by atoms with Crippen molar-refractivity contribution >= 4 is 0 Å². The Kier molecular flexibility index (Phi) is 22.7. The molecule has 0 aromatic rings. The lowest BCUT2D eigenvalue weighted by Gasteiger charge is -1.99. The Bertz CT molecular complexity index is 66.1. The molecule has 15 heavy (non-hydrogen) atoms. The fourth-order valence-corrected chi connectivity index (χ4v) is 1.49. The molecule has 0 atom stereocenters. The van der Waals surface area contributed by atoms with Gasteiger partial charge in [0.05, 0.1) is 0 Å². The van der Waals surface area contributed by atoms with Crippen molar-refractivity contribution in [1.29, 1.82) is 0 Å². The zero-order valence-electron chi connectivity index (χ0n) is 11.4. The fourth-order valence-electron chi connectivity index (χ4n) is 1.49. The summed E-state index contributed by atoms with van der Waals surface area (Å²) in [6, 6.07) is 0. The van der Waals surface area contributed by atoms with E-state index in [9.17, 15) is 0 Å². The van der Waals surface area contributed by atoms with Gasteiger partial charge in [0.15, 0.2) is 0 Å². The second-order valence-electron chi connectivity index (χ2n) is 4.26. The van der Waals surface area contributed by atoms with E-state index in [-0.39, 0.29) is 0 Å². The van der Waals surface area contributed by atoms with Crippen LogP contribution in [0.3, 0.4) is 0 Å². The Labute approximate surface area is 98.9 Å². The average molecular weight is 212 g/mol. The number of rotatable bonds is 9. The summed E-state index contributed by atoms with van der Waals surface area (Å²) in [5.74, 6) is 0. The minimum atomic E-state index is 1.12. The Morgan fingerprint density at radius 3 is 1.40 bits per heavy atom. The normalized spacial score (nSPS) is 9.60. The van der Waals surface area contributed by atoms with Crippen LogP contribution in [0.25, 0.3) is 0 Å². The van der Waals surface area contributed by atoms with Crippen LogP contribution in [0, 0.1) is 13.3 Å². The quantitative estimate of drug-likeness (QED) is 0.413. The van der Waals surface area contributed by atoms with Crippen LogP contribution in [0.2, 0.25) is 0 Å². The van der Waals surface area contributed by atoms with Gasteiger partial charge < -0.3 is 0 Å². The molecule has 0 amide bonds. The van der Waals surface area contributed by atoms with Gasteiger partial charge in [-0.15, -0.1) is 0 Å². The highest BCUT2D eigenvalue weighted by Gasteiger charge is 1.90. The van der Waals surface area contributed by atoms with Crippen molar-refractivity contribution in [3.05, 3.63) is 13.3 Å². The van der Waals surface area contributed by atoms with Crippen LogP contribution in [0.4, 0.5) is 0 Å². The maximum absolute atomic E-state index is 3.84. The Morgan fingerprint density at radius 2 is 1.07 bits per heavy atom.